The summed E-state index contributed by atoms with van der Waals surface area (Å²) in [5.74, 6) is -0.479. The normalized spacial score (nSPS) is 16.3. The zero-order valence-corrected chi connectivity index (χ0v) is 10.3. The van der Waals surface area contributed by atoms with E-state index in [2.05, 4.69) is 10.2 Å². The zero-order chi connectivity index (χ0) is 11.1. The van der Waals surface area contributed by atoms with Crippen molar-refractivity contribution in [2.75, 3.05) is 39.3 Å². The maximum Gasteiger partial charge on any atom is 0.313 e. The number of ether oxygens (including phenoxy) is 1. The first kappa shape index (κ1) is 15.3. The van der Waals surface area contributed by atoms with Crippen LogP contribution in [0, 0.1) is 0 Å². The number of carbonyl (C=O) groups is 2. The highest BCUT2D eigenvalue weighted by molar-refractivity contribution is 5.96. The van der Waals surface area contributed by atoms with Crippen LogP contribution in [0.5, 0.6) is 0 Å². The highest BCUT2D eigenvalue weighted by Crippen LogP contribution is 1.96. The van der Waals surface area contributed by atoms with Gasteiger partial charge in [-0.1, -0.05) is 0 Å². The van der Waals surface area contributed by atoms with Gasteiger partial charge >= 0.3 is 5.97 Å². The number of Topliss-reactive ketones (excluding diaryl/α,β-unsaturated/α-hetero) is 1. The van der Waals surface area contributed by atoms with E-state index in [1.54, 1.807) is 6.92 Å². The van der Waals surface area contributed by atoms with E-state index in [0.29, 0.717) is 13.2 Å². The Morgan fingerprint density at radius 1 is 1.31 bits per heavy atom. The number of esters is 1. The van der Waals surface area contributed by atoms with E-state index in [4.69, 9.17) is 4.74 Å². The molecule has 0 bridgehead atoms. The van der Waals surface area contributed by atoms with Crippen molar-refractivity contribution in [3.8, 4) is 0 Å². The van der Waals surface area contributed by atoms with Gasteiger partial charge in [-0.15, -0.1) is 12.4 Å². The van der Waals surface area contributed by atoms with Crippen molar-refractivity contribution in [2.45, 2.75) is 13.3 Å². The minimum atomic E-state index is -0.419. The molecule has 0 spiro atoms. The predicted molar refractivity (Wildman–Crippen MR) is 62.8 cm³/mol. The van der Waals surface area contributed by atoms with E-state index in [1.165, 1.54) is 0 Å². The lowest BCUT2D eigenvalue weighted by molar-refractivity contribution is -0.145. The Balaban J connectivity index is 0.00000225. The average Bonchev–Trinajstić information content (AvgIpc) is 2.19. The molecule has 1 saturated heterocycles. The predicted octanol–water partition coefficient (Wildman–Crippen LogP) is -0.164. The molecular formula is C10H19ClN2O3. The lowest BCUT2D eigenvalue weighted by Crippen LogP contribution is -2.45. The van der Waals surface area contributed by atoms with Crippen LogP contribution >= 0.6 is 12.4 Å². The van der Waals surface area contributed by atoms with Crippen molar-refractivity contribution in [1.82, 2.24) is 10.2 Å². The molecule has 1 aliphatic heterocycles. The van der Waals surface area contributed by atoms with Crippen LogP contribution in [0.4, 0.5) is 0 Å². The number of nitrogens with zero attached hydrogens (tertiary/aromatic N) is 1. The minimum Gasteiger partial charge on any atom is -0.466 e. The summed E-state index contributed by atoms with van der Waals surface area (Å²) in [4.78, 5) is 24.5. The Hall–Kier alpha value is -0.650. The zero-order valence-electron chi connectivity index (χ0n) is 9.53. The minimum absolute atomic E-state index is 0. The van der Waals surface area contributed by atoms with Crippen molar-refractivity contribution in [1.29, 1.82) is 0 Å². The first-order valence-electron chi connectivity index (χ1n) is 5.32. The van der Waals surface area contributed by atoms with Crippen molar-refractivity contribution in [3.05, 3.63) is 0 Å². The van der Waals surface area contributed by atoms with E-state index in [-0.39, 0.29) is 24.6 Å². The van der Waals surface area contributed by atoms with Gasteiger partial charge in [0.15, 0.2) is 5.78 Å². The second-order valence-electron chi connectivity index (χ2n) is 3.55. The largest absolute Gasteiger partial charge is 0.466 e. The van der Waals surface area contributed by atoms with Gasteiger partial charge in [-0.2, -0.15) is 0 Å². The molecule has 1 fully saturated rings. The van der Waals surface area contributed by atoms with Crippen LogP contribution in [0.2, 0.25) is 0 Å². The number of nitrogens with one attached hydrogen (secondary N) is 1. The third-order valence-corrected chi connectivity index (χ3v) is 2.26. The highest BCUT2D eigenvalue weighted by Gasteiger charge is 2.16. The molecule has 0 unspecified atom stereocenters. The van der Waals surface area contributed by atoms with E-state index in [9.17, 15) is 9.59 Å². The SMILES string of the molecule is CCOC(=O)CC(=O)CN1CCNCC1.Cl. The number of carbonyl (C=O) groups excluding carboxylic acids is 2. The Morgan fingerprint density at radius 2 is 1.94 bits per heavy atom. The van der Waals surface area contributed by atoms with Gasteiger partial charge in [0.1, 0.15) is 6.42 Å². The summed E-state index contributed by atoms with van der Waals surface area (Å²) in [6.07, 6.45) is -0.0994. The lowest BCUT2D eigenvalue weighted by Gasteiger charge is -2.26. The molecule has 1 N–H and O–H groups in total. The molecule has 1 heterocycles. The number of ketones is 1. The smallest absolute Gasteiger partial charge is 0.313 e. The van der Waals surface area contributed by atoms with Crippen LogP contribution in [0.15, 0.2) is 0 Å². The second-order valence-corrected chi connectivity index (χ2v) is 3.55. The van der Waals surface area contributed by atoms with Crippen LogP contribution in [0.1, 0.15) is 13.3 Å². The molecule has 0 atom stereocenters. The summed E-state index contributed by atoms with van der Waals surface area (Å²) in [5, 5.41) is 3.20. The van der Waals surface area contributed by atoms with Crippen molar-refractivity contribution < 1.29 is 14.3 Å². The maximum absolute atomic E-state index is 11.4. The molecular weight excluding hydrogens is 232 g/mol. The third-order valence-electron chi connectivity index (χ3n) is 2.26. The molecule has 94 valence electrons. The Bertz CT molecular complexity index is 230. The van der Waals surface area contributed by atoms with E-state index in [1.807, 2.05) is 0 Å². The molecule has 0 amide bonds. The monoisotopic (exact) mass is 250 g/mol. The average molecular weight is 251 g/mol. The first-order chi connectivity index (χ1) is 7.22. The summed E-state index contributed by atoms with van der Waals surface area (Å²) in [6, 6.07) is 0. The summed E-state index contributed by atoms with van der Waals surface area (Å²) in [7, 11) is 0. The number of hydrogen-bond acceptors (Lipinski definition) is 5. The number of piperazine rings is 1. The van der Waals surface area contributed by atoms with Crippen molar-refractivity contribution in [3.63, 3.8) is 0 Å². The Morgan fingerprint density at radius 3 is 2.50 bits per heavy atom. The molecule has 0 saturated carbocycles. The van der Waals surface area contributed by atoms with E-state index in [0.717, 1.165) is 26.2 Å². The van der Waals surface area contributed by atoms with Gasteiger partial charge in [-0.25, -0.2) is 0 Å². The number of rotatable bonds is 5. The van der Waals surface area contributed by atoms with Crippen LogP contribution in [-0.4, -0.2) is 56.0 Å². The molecule has 0 aromatic rings. The van der Waals surface area contributed by atoms with Gasteiger partial charge in [0.25, 0.3) is 0 Å². The Labute approximate surface area is 102 Å². The molecule has 1 rings (SSSR count). The summed E-state index contributed by atoms with van der Waals surface area (Å²) >= 11 is 0. The van der Waals surface area contributed by atoms with Gasteiger partial charge in [0.2, 0.25) is 0 Å². The van der Waals surface area contributed by atoms with Crippen LogP contribution in [-0.2, 0) is 14.3 Å². The van der Waals surface area contributed by atoms with E-state index < -0.39 is 5.97 Å². The summed E-state index contributed by atoms with van der Waals surface area (Å²) < 4.78 is 4.71. The molecule has 0 aromatic carbocycles. The van der Waals surface area contributed by atoms with Crippen molar-refractivity contribution >= 4 is 24.2 Å². The van der Waals surface area contributed by atoms with Gasteiger partial charge in [0, 0.05) is 26.2 Å². The van der Waals surface area contributed by atoms with E-state index >= 15 is 0 Å². The molecule has 1 aliphatic rings. The van der Waals surface area contributed by atoms with Crippen molar-refractivity contribution in [2.24, 2.45) is 0 Å². The van der Waals surface area contributed by atoms with Crippen LogP contribution in [0.3, 0.4) is 0 Å². The van der Waals surface area contributed by atoms with Gasteiger partial charge < -0.3 is 10.1 Å². The molecule has 0 aromatic heterocycles. The van der Waals surface area contributed by atoms with Gasteiger partial charge in [-0.05, 0) is 6.92 Å². The highest BCUT2D eigenvalue weighted by atomic mass is 35.5. The number of halogens is 1. The van der Waals surface area contributed by atoms with Crippen LogP contribution < -0.4 is 5.32 Å². The van der Waals surface area contributed by atoms with Crippen LogP contribution in [0.25, 0.3) is 0 Å². The standard InChI is InChI=1S/C10H18N2O3.ClH/c1-2-15-10(14)7-9(13)8-12-5-3-11-4-6-12;/h11H,2-8H2,1H3;1H. The molecule has 0 radical (unpaired) electrons. The maximum atomic E-state index is 11.4. The molecule has 16 heavy (non-hydrogen) atoms. The van der Waals surface area contributed by atoms with Gasteiger partial charge in [-0.3, -0.25) is 14.5 Å². The summed E-state index contributed by atoms with van der Waals surface area (Å²) in [6.45, 7) is 5.99. The number of hydrogen-bond donors (Lipinski definition) is 1. The quantitative estimate of drug-likeness (QED) is 0.543. The fourth-order valence-corrected chi connectivity index (χ4v) is 1.55. The fourth-order valence-electron chi connectivity index (χ4n) is 1.55. The fraction of sp³-hybridized carbons (Fsp3) is 0.800. The third kappa shape index (κ3) is 6.05. The lowest BCUT2D eigenvalue weighted by atomic mass is 10.2. The summed E-state index contributed by atoms with van der Waals surface area (Å²) in [5.41, 5.74) is 0. The molecule has 5 nitrogen and oxygen atoms in total. The Kier molecular flexibility index (Phi) is 8.15. The second kappa shape index (κ2) is 8.50. The topological polar surface area (TPSA) is 58.6 Å². The van der Waals surface area contributed by atoms with Gasteiger partial charge in [0.05, 0.1) is 13.2 Å². The first-order valence-corrected chi connectivity index (χ1v) is 5.32. The molecule has 0 aliphatic carbocycles. The molecule has 6 heteroatoms.